The second-order valence-corrected chi connectivity index (χ2v) is 4.91. The van der Waals surface area contributed by atoms with Crippen molar-refractivity contribution in [2.45, 2.75) is 19.4 Å². The lowest BCUT2D eigenvalue weighted by molar-refractivity contribution is 0.522. The van der Waals surface area contributed by atoms with E-state index in [2.05, 4.69) is 15.1 Å². The molecule has 0 bridgehead atoms. The normalized spacial score (nSPS) is 12.7. The van der Waals surface area contributed by atoms with Gasteiger partial charge in [-0.25, -0.2) is 4.98 Å². The number of hydrogen-bond acceptors (Lipinski definition) is 4. The van der Waals surface area contributed by atoms with Gasteiger partial charge in [0.05, 0.1) is 12.5 Å². The molecule has 0 aromatic carbocycles. The summed E-state index contributed by atoms with van der Waals surface area (Å²) in [4.78, 5) is 20.8. The van der Waals surface area contributed by atoms with Crippen LogP contribution in [0.4, 0.5) is 0 Å². The Bertz CT molecular complexity index is 790. The van der Waals surface area contributed by atoms with Crippen LogP contribution in [0.5, 0.6) is 0 Å². The monoisotopic (exact) mass is 269 g/mol. The summed E-state index contributed by atoms with van der Waals surface area (Å²) in [5.74, 6) is 0. The summed E-state index contributed by atoms with van der Waals surface area (Å²) >= 11 is 0. The summed E-state index contributed by atoms with van der Waals surface area (Å²) in [6.45, 7) is 1.99. The number of rotatable bonds is 3. The zero-order valence-corrected chi connectivity index (χ0v) is 11.4. The van der Waals surface area contributed by atoms with Gasteiger partial charge >= 0.3 is 0 Å². The summed E-state index contributed by atoms with van der Waals surface area (Å²) in [5.41, 5.74) is 2.02. The molecular formula is C14H15N5O. The van der Waals surface area contributed by atoms with Crippen LogP contribution >= 0.6 is 0 Å². The van der Waals surface area contributed by atoms with Gasteiger partial charge in [0, 0.05) is 25.5 Å². The standard InChI is InChI=1S/C14H15N5O/c1-10(6-11-4-3-5-15-7-11)19-9-16-12-8-18(2)17-13(12)14(19)20/h3-5,7-10H,6H2,1-2H3. The quantitative estimate of drug-likeness (QED) is 0.719. The lowest BCUT2D eigenvalue weighted by atomic mass is 10.1. The number of pyridine rings is 1. The lowest BCUT2D eigenvalue weighted by Gasteiger charge is -2.14. The molecule has 0 aliphatic heterocycles. The second-order valence-electron chi connectivity index (χ2n) is 4.91. The summed E-state index contributed by atoms with van der Waals surface area (Å²) in [6, 6.07) is 3.90. The van der Waals surface area contributed by atoms with Crippen LogP contribution < -0.4 is 5.56 Å². The van der Waals surface area contributed by atoms with Crippen molar-refractivity contribution in [3.8, 4) is 0 Å². The van der Waals surface area contributed by atoms with Crippen LogP contribution in [-0.4, -0.2) is 24.3 Å². The van der Waals surface area contributed by atoms with E-state index < -0.39 is 0 Å². The first-order valence-corrected chi connectivity index (χ1v) is 6.44. The molecule has 3 aromatic heterocycles. The van der Waals surface area contributed by atoms with Crippen molar-refractivity contribution in [2.75, 3.05) is 0 Å². The molecule has 3 aromatic rings. The van der Waals surface area contributed by atoms with Crippen molar-refractivity contribution in [1.82, 2.24) is 24.3 Å². The minimum absolute atomic E-state index is 0.00519. The van der Waals surface area contributed by atoms with Gasteiger partial charge in [-0.1, -0.05) is 6.07 Å². The highest BCUT2D eigenvalue weighted by molar-refractivity contribution is 5.71. The van der Waals surface area contributed by atoms with Gasteiger partial charge in [0.1, 0.15) is 5.52 Å². The molecule has 6 heteroatoms. The Morgan fingerprint density at radius 3 is 3.00 bits per heavy atom. The predicted octanol–water partition coefficient (Wildman–Crippen LogP) is 1.33. The van der Waals surface area contributed by atoms with Gasteiger partial charge in [-0.3, -0.25) is 19.0 Å². The molecular weight excluding hydrogens is 254 g/mol. The molecule has 20 heavy (non-hydrogen) atoms. The van der Waals surface area contributed by atoms with Gasteiger partial charge in [-0.2, -0.15) is 5.10 Å². The van der Waals surface area contributed by atoms with Crippen LogP contribution in [0, 0.1) is 0 Å². The highest BCUT2D eigenvalue weighted by atomic mass is 16.1. The first kappa shape index (κ1) is 12.5. The maximum atomic E-state index is 12.4. The SMILES string of the molecule is CC(Cc1cccnc1)n1cnc2cn(C)nc2c1=O. The minimum Gasteiger partial charge on any atom is -0.294 e. The number of hydrogen-bond donors (Lipinski definition) is 0. The predicted molar refractivity (Wildman–Crippen MR) is 75.4 cm³/mol. The van der Waals surface area contributed by atoms with Crippen LogP contribution in [0.1, 0.15) is 18.5 Å². The summed E-state index contributed by atoms with van der Waals surface area (Å²) < 4.78 is 3.23. The van der Waals surface area contributed by atoms with Gasteiger partial charge < -0.3 is 0 Å². The van der Waals surface area contributed by atoms with Crippen LogP contribution in [0.2, 0.25) is 0 Å². The van der Waals surface area contributed by atoms with Gasteiger partial charge in [0.25, 0.3) is 5.56 Å². The zero-order chi connectivity index (χ0) is 14.1. The van der Waals surface area contributed by atoms with Crippen LogP contribution in [-0.2, 0) is 13.5 Å². The number of aryl methyl sites for hydroxylation is 1. The Balaban J connectivity index is 1.97. The zero-order valence-electron chi connectivity index (χ0n) is 11.4. The Kier molecular flexibility index (Phi) is 3.06. The van der Waals surface area contributed by atoms with Crippen molar-refractivity contribution in [1.29, 1.82) is 0 Å². The molecule has 3 rings (SSSR count). The van der Waals surface area contributed by atoms with Crippen molar-refractivity contribution in [2.24, 2.45) is 7.05 Å². The fraction of sp³-hybridized carbons (Fsp3) is 0.286. The molecule has 0 saturated heterocycles. The topological polar surface area (TPSA) is 65.6 Å². The third-order valence-electron chi connectivity index (χ3n) is 3.30. The first-order valence-electron chi connectivity index (χ1n) is 6.44. The molecule has 0 saturated carbocycles. The average molecular weight is 269 g/mol. The minimum atomic E-state index is -0.105. The van der Waals surface area contributed by atoms with E-state index in [1.54, 1.807) is 35.0 Å². The third kappa shape index (κ3) is 2.20. The van der Waals surface area contributed by atoms with Crippen molar-refractivity contribution in [3.05, 3.63) is 53.0 Å². The average Bonchev–Trinajstić information content (AvgIpc) is 2.82. The lowest BCUT2D eigenvalue weighted by Crippen LogP contribution is -2.25. The fourth-order valence-corrected chi connectivity index (χ4v) is 2.29. The molecule has 102 valence electrons. The van der Waals surface area contributed by atoms with E-state index >= 15 is 0 Å². The second kappa shape index (κ2) is 4.88. The summed E-state index contributed by atoms with van der Waals surface area (Å²) in [7, 11) is 1.78. The summed E-state index contributed by atoms with van der Waals surface area (Å²) in [5, 5.41) is 4.17. The van der Waals surface area contributed by atoms with E-state index in [0.717, 1.165) is 12.0 Å². The van der Waals surface area contributed by atoms with E-state index in [1.165, 1.54) is 0 Å². The smallest absolute Gasteiger partial charge is 0.281 e. The number of aromatic nitrogens is 5. The number of nitrogens with zero attached hydrogens (tertiary/aromatic N) is 5. The van der Waals surface area contributed by atoms with Crippen molar-refractivity contribution < 1.29 is 0 Å². The van der Waals surface area contributed by atoms with Gasteiger partial charge in [-0.05, 0) is 25.0 Å². The molecule has 0 radical (unpaired) electrons. The van der Waals surface area contributed by atoms with Crippen molar-refractivity contribution >= 4 is 11.0 Å². The maximum Gasteiger partial charge on any atom is 0.281 e. The molecule has 0 fully saturated rings. The van der Waals surface area contributed by atoms with Gasteiger partial charge in [-0.15, -0.1) is 0 Å². The molecule has 3 heterocycles. The fourth-order valence-electron chi connectivity index (χ4n) is 2.29. The van der Waals surface area contributed by atoms with Gasteiger partial charge in [0.15, 0.2) is 5.52 Å². The maximum absolute atomic E-state index is 12.4. The van der Waals surface area contributed by atoms with Gasteiger partial charge in [0.2, 0.25) is 0 Å². The molecule has 0 aliphatic carbocycles. The Labute approximate surface area is 115 Å². The van der Waals surface area contributed by atoms with Crippen LogP contribution in [0.3, 0.4) is 0 Å². The molecule has 0 aliphatic rings. The van der Waals surface area contributed by atoms with Crippen LogP contribution in [0.25, 0.3) is 11.0 Å². The molecule has 0 spiro atoms. The van der Waals surface area contributed by atoms with E-state index in [-0.39, 0.29) is 11.6 Å². The largest absolute Gasteiger partial charge is 0.294 e. The van der Waals surface area contributed by atoms with E-state index in [1.807, 2.05) is 25.3 Å². The molecule has 6 nitrogen and oxygen atoms in total. The highest BCUT2D eigenvalue weighted by Crippen LogP contribution is 2.12. The van der Waals surface area contributed by atoms with E-state index in [0.29, 0.717) is 11.0 Å². The Morgan fingerprint density at radius 2 is 2.25 bits per heavy atom. The Morgan fingerprint density at radius 1 is 1.40 bits per heavy atom. The Hall–Kier alpha value is -2.50. The van der Waals surface area contributed by atoms with Crippen LogP contribution in [0.15, 0.2) is 41.8 Å². The van der Waals surface area contributed by atoms with Crippen molar-refractivity contribution in [3.63, 3.8) is 0 Å². The molecule has 0 N–H and O–H groups in total. The third-order valence-corrected chi connectivity index (χ3v) is 3.30. The molecule has 0 amide bonds. The highest BCUT2D eigenvalue weighted by Gasteiger charge is 2.13. The number of fused-ring (bicyclic) bond motifs is 1. The van der Waals surface area contributed by atoms with E-state index in [4.69, 9.17) is 0 Å². The van der Waals surface area contributed by atoms with E-state index in [9.17, 15) is 4.79 Å². The molecule has 1 atom stereocenters. The summed E-state index contributed by atoms with van der Waals surface area (Å²) in [6.07, 6.45) is 7.62. The first-order chi connectivity index (χ1) is 9.65. The molecule has 1 unspecified atom stereocenters.